The van der Waals surface area contributed by atoms with Crippen molar-refractivity contribution in [3.63, 3.8) is 0 Å². The van der Waals surface area contributed by atoms with Gasteiger partial charge in [-0.2, -0.15) is 0 Å². The molecule has 132 valence electrons. The highest BCUT2D eigenvalue weighted by molar-refractivity contribution is 6.04. The van der Waals surface area contributed by atoms with Crippen LogP contribution in [0.1, 0.15) is 15.9 Å². The number of hydrogen-bond acceptors (Lipinski definition) is 4. The van der Waals surface area contributed by atoms with Crippen molar-refractivity contribution in [3.05, 3.63) is 58.0 Å². The number of H-pyrrole nitrogens is 2. The van der Waals surface area contributed by atoms with Gasteiger partial charge in [-0.3, -0.25) is 4.90 Å². The summed E-state index contributed by atoms with van der Waals surface area (Å²) < 4.78 is 4.73. The van der Waals surface area contributed by atoms with Crippen LogP contribution in [0.15, 0.2) is 41.2 Å². The molecule has 0 radical (unpaired) electrons. The van der Waals surface area contributed by atoms with Crippen LogP contribution in [0.3, 0.4) is 0 Å². The van der Waals surface area contributed by atoms with E-state index in [2.05, 4.69) is 15.3 Å². The second-order valence-corrected chi connectivity index (χ2v) is 6.01. The van der Waals surface area contributed by atoms with Crippen LogP contribution < -0.4 is 15.9 Å². The van der Waals surface area contributed by atoms with Crippen LogP contribution in [0.2, 0.25) is 0 Å². The Morgan fingerprint density at radius 2 is 1.92 bits per heavy atom. The molecule has 2 aromatic carbocycles. The molecule has 2 heterocycles. The molecule has 8 heteroatoms. The summed E-state index contributed by atoms with van der Waals surface area (Å²) in [7, 11) is 1.34. The number of fused-ring (bicyclic) bond motifs is 2. The third-order valence-corrected chi connectivity index (χ3v) is 4.41. The molecule has 1 aliphatic heterocycles. The monoisotopic (exact) mass is 352 g/mol. The number of aromatic nitrogens is 2. The first-order chi connectivity index (χ1) is 12.5. The summed E-state index contributed by atoms with van der Waals surface area (Å²) in [5, 5.41) is 2.83. The van der Waals surface area contributed by atoms with E-state index in [0.29, 0.717) is 35.2 Å². The number of carbonyl (C=O) groups excluding carboxylic acids is 2. The second kappa shape index (κ2) is 6.07. The van der Waals surface area contributed by atoms with Gasteiger partial charge in [-0.25, -0.2) is 14.4 Å². The largest absolute Gasteiger partial charge is 0.465 e. The molecule has 0 spiro atoms. The maximum Gasteiger partial charge on any atom is 0.337 e. The van der Waals surface area contributed by atoms with E-state index in [9.17, 15) is 14.4 Å². The van der Waals surface area contributed by atoms with Crippen LogP contribution in [-0.2, 0) is 11.2 Å². The summed E-state index contributed by atoms with van der Waals surface area (Å²) in [6, 6.07) is 10.0. The Morgan fingerprint density at radius 3 is 2.73 bits per heavy atom. The molecule has 0 saturated carbocycles. The summed E-state index contributed by atoms with van der Waals surface area (Å²) in [5.74, 6) is -0.399. The average molecular weight is 352 g/mol. The zero-order valence-electron chi connectivity index (χ0n) is 14.0. The minimum atomic E-state index is -0.399. The van der Waals surface area contributed by atoms with E-state index < -0.39 is 5.97 Å². The number of imidazole rings is 1. The maximum absolute atomic E-state index is 12.6. The molecule has 26 heavy (non-hydrogen) atoms. The summed E-state index contributed by atoms with van der Waals surface area (Å²) in [6.45, 7) is 0.523. The fourth-order valence-electron chi connectivity index (χ4n) is 3.16. The smallest absolute Gasteiger partial charge is 0.337 e. The van der Waals surface area contributed by atoms with Crippen LogP contribution in [0, 0.1) is 0 Å². The molecule has 1 aliphatic rings. The quantitative estimate of drug-likeness (QED) is 0.615. The Labute approximate surface area is 147 Å². The zero-order valence-corrected chi connectivity index (χ0v) is 14.0. The van der Waals surface area contributed by atoms with Gasteiger partial charge in [0.15, 0.2) is 0 Å². The summed E-state index contributed by atoms with van der Waals surface area (Å²) >= 11 is 0. The van der Waals surface area contributed by atoms with E-state index in [4.69, 9.17) is 4.74 Å². The Morgan fingerprint density at radius 1 is 1.12 bits per heavy atom. The SMILES string of the molecule is COC(=O)c1ccc2c(c1)CCN2C(=O)Nc1ccc2[nH]c(=O)[nH]c2c1. The molecule has 0 bridgehead atoms. The fourth-order valence-corrected chi connectivity index (χ4v) is 3.16. The zero-order chi connectivity index (χ0) is 18.3. The summed E-state index contributed by atoms with van der Waals surface area (Å²) in [4.78, 5) is 42.5. The predicted octanol–water partition coefficient (Wildman–Crippen LogP) is 2.24. The van der Waals surface area contributed by atoms with Crippen molar-refractivity contribution >= 4 is 34.4 Å². The molecule has 0 aliphatic carbocycles. The number of aromatic amines is 2. The Balaban J connectivity index is 1.56. The molecule has 3 N–H and O–H groups in total. The normalized spacial score (nSPS) is 12.9. The average Bonchev–Trinajstić information content (AvgIpc) is 3.22. The lowest BCUT2D eigenvalue weighted by atomic mass is 10.1. The van der Waals surface area contributed by atoms with Crippen LogP contribution in [0.25, 0.3) is 11.0 Å². The molecule has 3 aromatic rings. The Bertz CT molecular complexity index is 1080. The van der Waals surface area contributed by atoms with E-state index in [0.717, 1.165) is 11.3 Å². The predicted molar refractivity (Wildman–Crippen MR) is 96.8 cm³/mol. The van der Waals surface area contributed by atoms with Gasteiger partial charge in [0, 0.05) is 17.9 Å². The van der Waals surface area contributed by atoms with Gasteiger partial charge >= 0.3 is 17.7 Å². The third-order valence-electron chi connectivity index (χ3n) is 4.41. The van der Waals surface area contributed by atoms with Gasteiger partial charge < -0.3 is 20.0 Å². The molecule has 0 saturated heterocycles. The lowest BCUT2D eigenvalue weighted by Crippen LogP contribution is -2.33. The molecular formula is C18H16N4O4. The van der Waals surface area contributed by atoms with Crippen LogP contribution in [-0.4, -0.2) is 35.6 Å². The van der Waals surface area contributed by atoms with Gasteiger partial charge in [0.1, 0.15) is 0 Å². The Kier molecular flexibility index (Phi) is 3.72. The fraction of sp³-hybridized carbons (Fsp3) is 0.167. The minimum absolute atomic E-state index is 0.271. The number of benzene rings is 2. The molecule has 0 fully saturated rings. The second-order valence-electron chi connectivity index (χ2n) is 6.01. The summed E-state index contributed by atoms with van der Waals surface area (Å²) in [6.07, 6.45) is 0.664. The molecule has 8 nitrogen and oxygen atoms in total. The number of rotatable bonds is 2. The van der Waals surface area contributed by atoms with Gasteiger partial charge in [0.05, 0.1) is 23.7 Å². The highest BCUT2D eigenvalue weighted by Crippen LogP contribution is 2.30. The summed E-state index contributed by atoms with van der Waals surface area (Å²) in [5.41, 5.74) is 3.75. The number of amides is 2. The number of ether oxygens (including phenoxy) is 1. The Hall–Kier alpha value is -3.55. The number of anilines is 2. The minimum Gasteiger partial charge on any atom is -0.465 e. The topological polar surface area (TPSA) is 107 Å². The van der Waals surface area contributed by atoms with Gasteiger partial charge in [0.25, 0.3) is 0 Å². The van der Waals surface area contributed by atoms with Crippen molar-refractivity contribution in [3.8, 4) is 0 Å². The van der Waals surface area contributed by atoms with E-state index in [1.54, 1.807) is 41.3 Å². The van der Waals surface area contributed by atoms with Crippen LogP contribution >= 0.6 is 0 Å². The first kappa shape index (κ1) is 15.9. The van der Waals surface area contributed by atoms with Gasteiger partial charge in [-0.05, 0) is 48.4 Å². The van der Waals surface area contributed by atoms with E-state index in [1.807, 2.05) is 0 Å². The highest BCUT2D eigenvalue weighted by Gasteiger charge is 2.25. The highest BCUT2D eigenvalue weighted by atomic mass is 16.5. The lowest BCUT2D eigenvalue weighted by Gasteiger charge is -2.18. The molecular weight excluding hydrogens is 336 g/mol. The standard InChI is InChI=1S/C18H16N4O4/c1-26-16(23)11-2-5-15-10(8-11)6-7-22(15)18(25)19-12-3-4-13-14(9-12)21-17(24)20-13/h2-5,8-9H,6-7H2,1H3,(H,19,25)(H2,20,21,24). The van der Waals surface area contributed by atoms with Crippen molar-refractivity contribution < 1.29 is 14.3 Å². The molecule has 0 unspecified atom stereocenters. The lowest BCUT2D eigenvalue weighted by molar-refractivity contribution is 0.0600. The van der Waals surface area contributed by atoms with Crippen molar-refractivity contribution in [1.82, 2.24) is 9.97 Å². The van der Waals surface area contributed by atoms with Crippen LogP contribution in [0.5, 0.6) is 0 Å². The van der Waals surface area contributed by atoms with Crippen LogP contribution in [0.4, 0.5) is 16.2 Å². The third kappa shape index (κ3) is 2.71. The van der Waals surface area contributed by atoms with E-state index >= 15 is 0 Å². The molecule has 0 atom stereocenters. The molecule has 4 rings (SSSR count). The van der Waals surface area contributed by atoms with Gasteiger partial charge in [0.2, 0.25) is 0 Å². The van der Waals surface area contributed by atoms with Crippen molar-refractivity contribution in [2.24, 2.45) is 0 Å². The van der Waals surface area contributed by atoms with Crippen molar-refractivity contribution in [1.29, 1.82) is 0 Å². The van der Waals surface area contributed by atoms with E-state index in [-0.39, 0.29) is 11.7 Å². The van der Waals surface area contributed by atoms with E-state index in [1.165, 1.54) is 7.11 Å². The first-order valence-corrected chi connectivity index (χ1v) is 8.07. The number of nitrogens with zero attached hydrogens (tertiary/aromatic N) is 1. The molecule has 1 aromatic heterocycles. The first-order valence-electron chi connectivity index (χ1n) is 8.07. The number of esters is 1. The van der Waals surface area contributed by atoms with Crippen molar-refractivity contribution in [2.45, 2.75) is 6.42 Å². The number of urea groups is 1. The van der Waals surface area contributed by atoms with Crippen molar-refractivity contribution in [2.75, 3.05) is 23.9 Å². The van der Waals surface area contributed by atoms with Gasteiger partial charge in [-0.15, -0.1) is 0 Å². The number of carbonyl (C=O) groups is 2. The number of nitrogens with one attached hydrogen (secondary N) is 3. The number of methoxy groups -OCH3 is 1. The maximum atomic E-state index is 12.6. The number of hydrogen-bond donors (Lipinski definition) is 3. The molecule has 2 amide bonds. The van der Waals surface area contributed by atoms with Gasteiger partial charge in [-0.1, -0.05) is 0 Å².